The van der Waals surface area contributed by atoms with Crippen molar-refractivity contribution in [3.63, 3.8) is 0 Å². The molecule has 1 unspecified atom stereocenters. The summed E-state index contributed by atoms with van der Waals surface area (Å²) in [6, 6.07) is 6.93. The summed E-state index contributed by atoms with van der Waals surface area (Å²) in [6.07, 6.45) is 0.356. The van der Waals surface area contributed by atoms with E-state index >= 15 is 0 Å². The predicted octanol–water partition coefficient (Wildman–Crippen LogP) is 1.03. The Morgan fingerprint density at radius 2 is 1.89 bits per heavy atom. The van der Waals surface area contributed by atoms with Gasteiger partial charge in [-0.05, 0) is 17.5 Å². The van der Waals surface area contributed by atoms with E-state index < -0.39 is 5.91 Å². The Morgan fingerprint density at radius 3 is 2.47 bits per heavy atom. The van der Waals surface area contributed by atoms with Gasteiger partial charge in [-0.1, -0.05) is 32.0 Å². The highest BCUT2D eigenvalue weighted by molar-refractivity contribution is 5.92. The molecule has 1 atom stereocenters. The number of benzene rings is 1. The molecule has 0 saturated carbocycles. The molecule has 0 spiro atoms. The van der Waals surface area contributed by atoms with E-state index in [9.17, 15) is 9.59 Å². The number of hydrogen-bond donors (Lipinski definition) is 3. The van der Waals surface area contributed by atoms with Gasteiger partial charge < -0.3 is 16.8 Å². The first-order valence-corrected chi connectivity index (χ1v) is 6.31. The first-order valence-electron chi connectivity index (χ1n) is 6.31. The SMILES string of the molecule is CC(C)C(N)CC(=O)Nc1ccccc1CC(N)=O. The van der Waals surface area contributed by atoms with Crippen LogP contribution in [0.2, 0.25) is 0 Å². The van der Waals surface area contributed by atoms with Gasteiger partial charge >= 0.3 is 0 Å². The van der Waals surface area contributed by atoms with E-state index in [1.54, 1.807) is 24.3 Å². The summed E-state index contributed by atoms with van der Waals surface area (Å²) in [5, 5.41) is 2.77. The number of para-hydroxylation sites is 1. The lowest BCUT2D eigenvalue weighted by Crippen LogP contribution is -2.31. The average molecular weight is 263 g/mol. The standard InChI is InChI=1S/C14H21N3O2/c1-9(2)11(15)8-14(19)17-12-6-4-3-5-10(12)7-13(16)18/h3-6,9,11H,7-8,15H2,1-2H3,(H2,16,18)(H,17,19). The highest BCUT2D eigenvalue weighted by atomic mass is 16.2. The van der Waals surface area contributed by atoms with Crippen LogP contribution in [0.3, 0.4) is 0 Å². The summed E-state index contributed by atoms with van der Waals surface area (Å²) in [7, 11) is 0. The van der Waals surface area contributed by atoms with Crippen molar-refractivity contribution < 1.29 is 9.59 Å². The van der Waals surface area contributed by atoms with Gasteiger partial charge in [0.15, 0.2) is 0 Å². The van der Waals surface area contributed by atoms with Crippen LogP contribution in [-0.4, -0.2) is 17.9 Å². The molecule has 0 bridgehead atoms. The van der Waals surface area contributed by atoms with Gasteiger partial charge in [-0.2, -0.15) is 0 Å². The number of nitrogens with two attached hydrogens (primary N) is 2. The molecule has 0 aromatic heterocycles. The fourth-order valence-corrected chi connectivity index (χ4v) is 1.64. The van der Waals surface area contributed by atoms with Crippen LogP contribution in [0.25, 0.3) is 0 Å². The van der Waals surface area contributed by atoms with Gasteiger partial charge in [-0.3, -0.25) is 9.59 Å². The first kappa shape index (κ1) is 15.2. The summed E-state index contributed by atoms with van der Waals surface area (Å²) in [5.41, 5.74) is 12.4. The Balaban J connectivity index is 2.71. The Labute approximate surface area is 113 Å². The Bertz CT molecular complexity index is 458. The predicted molar refractivity (Wildman–Crippen MR) is 75.4 cm³/mol. The summed E-state index contributed by atoms with van der Waals surface area (Å²) < 4.78 is 0. The van der Waals surface area contributed by atoms with Crippen LogP contribution in [0.5, 0.6) is 0 Å². The Hall–Kier alpha value is -1.88. The topological polar surface area (TPSA) is 98.2 Å². The molecule has 0 radical (unpaired) electrons. The molecule has 5 N–H and O–H groups in total. The van der Waals surface area contributed by atoms with Crippen LogP contribution in [0, 0.1) is 5.92 Å². The molecule has 0 aliphatic rings. The Kier molecular flexibility index (Phi) is 5.51. The largest absolute Gasteiger partial charge is 0.369 e. The number of carbonyl (C=O) groups is 2. The minimum atomic E-state index is -0.430. The number of rotatable bonds is 6. The smallest absolute Gasteiger partial charge is 0.225 e. The molecule has 0 saturated heterocycles. The molecule has 0 fully saturated rings. The molecular weight excluding hydrogens is 242 g/mol. The van der Waals surface area contributed by atoms with Gasteiger partial charge in [0, 0.05) is 18.2 Å². The van der Waals surface area contributed by atoms with Gasteiger partial charge in [-0.25, -0.2) is 0 Å². The molecule has 0 heterocycles. The van der Waals surface area contributed by atoms with E-state index in [1.165, 1.54) is 0 Å². The molecule has 0 aliphatic heterocycles. The number of amides is 2. The second-order valence-electron chi connectivity index (χ2n) is 4.96. The summed E-state index contributed by atoms with van der Waals surface area (Å²) >= 11 is 0. The van der Waals surface area contributed by atoms with Crippen LogP contribution in [0.4, 0.5) is 5.69 Å². The van der Waals surface area contributed by atoms with Gasteiger partial charge in [-0.15, -0.1) is 0 Å². The normalized spacial score (nSPS) is 12.2. The van der Waals surface area contributed by atoms with Crippen LogP contribution in [-0.2, 0) is 16.0 Å². The number of nitrogens with one attached hydrogen (secondary N) is 1. The Morgan fingerprint density at radius 1 is 1.26 bits per heavy atom. The van der Waals surface area contributed by atoms with Crippen molar-refractivity contribution in [1.82, 2.24) is 0 Å². The maximum absolute atomic E-state index is 11.9. The minimum Gasteiger partial charge on any atom is -0.369 e. The quantitative estimate of drug-likeness (QED) is 0.714. The van der Waals surface area contributed by atoms with E-state index in [2.05, 4.69) is 5.32 Å². The highest BCUT2D eigenvalue weighted by Crippen LogP contribution is 2.16. The summed E-state index contributed by atoms with van der Waals surface area (Å²) in [4.78, 5) is 22.8. The van der Waals surface area contributed by atoms with Crippen LogP contribution >= 0.6 is 0 Å². The van der Waals surface area contributed by atoms with E-state index in [0.717, 1.165) is 0 Å². The third-order valence-corrected chi connectivity index (χ3v) is 2.93. The van der Waals surface area contributed by atoms with Crippen molar-refractivity contribution in [2.24, 2.45) is 17.4 Å². The highest BCUT2D eigenvalue weighted by Gasteiger charge is 2.14. The van der Waals surface area contributed by atoms with Gasteiger partial charge in [0.25, 0.3) is 0 Å². The lowest BCUT2D eigenvalue weighted by atomic mass is 10.0. The molecule has 104 valence electrons. The van der Waals surface area contributed by atoms with Gasteiger partial charge in [0.05, 0.1) is 6.42 Å². The number of carbonyl (C=O) groups excluding carboxylic acids is 2. The maximum atomic E-state index is 11.9. The van der Waals surface area contributed by atoms with Crippen molar-refractivity contribution in [2.75, 3.05) is 5.32 Å². The second-order valence-corrected chi connectivity index (χ2v) is 4.96. The van der Waals surface area contributed by atoms with E-state index in [1.807, 2.05) is 13.8 Å². The zero-order valence-corrected chi connectivity index (χ0v) is 11.3. The minimum absolute atomic E-state index is 0.104. The fourth-order valence-electron chi connectivity index (χ4n) is 1.64. The molecule has 1 aromatic rings. The van der Waals surface area contributed by atoms with Crippen molar-refractivity contribution >= 4 is 17.5 Å². The van der Waals surface area contributed by atoms with Crippen molar-refractivity contribution in [1.29, 1.82) is 0 Å². The fraction of sp³-hybridized carbons (Fsp3) is 0.429. The summed E-state index contributed by atoms with van der Waals surface area (Å²) in [5.74, 6) is -0.342. The zero-order chi connectivity index (χ0) is 14.4. The molecule has 5 nitrogen and oxygen atoms in total. The second kappa shape index (κ2) is 6.89. The lowest BCUT2D eigenvalue weighted by Gasteiger charge is -2.16. The van der Waals surface area contributed by atoms with Crippen molar-refractivity contribution in [2.45, 2.75) is 32.7 Å². The zero-order valence-electron chi connectivity index (χ0n) is 11.3. The molecular formula is C14H21N3O2. The molecule has 1 rings (SSSR count). The lowest BCUT2D eigenvalue weighted by molar-refractivity contribution is -0.118. The van der Waals surface area contributed by atoms with Crippen molar-refractivity contribution in [3.8, 4) is 0 Å². The third-order valence-electron chi connectivity index (χ3n) is 2.93. The molecule has 19 heavy (non-hydrogen) atoms. The van der Waals surface area contributed by atoms with Crippen LogP contribution in [0.15, 0.2) is 24.3 Å². The van der Waals surface area contributed by atoms with E-state index in [-0.39, 0.29) is 30.7 Å². The molecule has 2 amide bonds. The number of hydrogen-bond acceptors (Lipinski definition) is 3. The third kappa shape index (κ3) is 5.09. The van der Waals surface area contributed by atoms with E-state index in [4.69, 9.17) is 11.5 Å². The van der Waals surface area contributed by atoms with Crippen LogP contribution < -0.4 is 16.8 Å². The molecule has 0 aliphatic carbocycles. The molecule has 5 heteroatoms. The molecule has 1 aromatic carbocycles. The first-order chi connectivity index (χ1) is 8.90. The maximum Gasteiger partial charge on any atom is 0.225 e. The number of primary amides is 1. The van der Waals surface area contributed by atoms with Gasteiger partial charge in [0.2, 0.25) is 11.8 Å². The van der Waals surface area contributed by atoms with E-state index in [0.29, 0.717) is 11.3 Å². The average Bonchev–Trinajstić information content (AvgIpc) is 2.30. The monoisotopic (exact) mass is 263 g/mol. The van der Waals surface area contributed by atoms with Crippen molar-refractivity contribution in [3.05, 3.63) is 29.8 Å². The number of anilines is 1. The van der Waals surface area contributed by atoms with Crippen LogP contribution in [0.1, 0.15) is 25.8 Å². The van der Waals surface area contributed by atoms with Gasteiger partial charge in [0.1, 0.15) is 0 Å². The summed E-state index contributed by atoms with van der Waals surface area (Å²) in [6.45, 7) is 3.94.